The quantitative estimate of drug-likeness (QED) is 0.837. The highest BCUT2D eigenvalue weighted by Gasteiger charge is 2.37. The number of hydrogen-bond acceptors (Lipinski definition) is 3. The average molecular weight is 254 g/mol. The van der Waals surface area contributed by atoms with Crippen molar-refractivity contribution in [1.29, 1.82) is 0 Å². The van der Waals surface area contributed by atoms with Crippen LogP contribution in [0.25, 0.3) is 0 Å². The van der Waals surface area contributed by atoms with Crippen LogP contribution in [0.5, 0.6) is 0 Å². The summed E-state index contributed by atoms with van der Waals surface area (Å²) in [5, 5.41) is 3.48. The van der Waals surface area contributed by atoms with Crippen molar-refractivity contribution < 1.29 is 4.74 Å². The first kappa shape index (κ1) is 14.3. The molecule has 0 spiro atoms. The normalized spacial score (nSPS) is 37.7. The van der Waals surface area contributed by atoms with E-state index in [9.17, 15) is 0 Å². The minimum Gasteiger partial charge on any atom is -0.375 e. The van der Waals surface area contributed by atoms with Gasteiger partial charge in [0.25, 0.3) is 0 Å². The fraction of sp³-hybridized carbons (Fsp3) is 1.00. The zero-order valence-electron chi connectivity index (χ0n) is 12.6. The molecule has 2 rings (SSSR count). The van der Waals surface area contributed by atoms with E-state index in [0.29, 0.717) is 5.54 Å². The summed E-state index contributed by atoms with van der Waals surface area (Å²) < 4.78 is 5.96. The minimum atomic E-state index is 0.118. The predicted octanol–water partition coefficient (Wildman–Crippen LogP) is 2.41. The Balaban J connectivity index is 1.90. The second-order valence-corrected chi connectivity index (χ2v) is 6.65. The third-order valence-corrected chi connectivity index (χ3v) is 5.34. The van der Waals surface area contributed by atoms with Crippen LogP contribution in [0.4, 0.5) is 0 Å². The number of nitrogens with one attached hydrogen (secondary N) is 1. The van der Waals surface area contributed by atoms with Crippen LogP contribution in [0.2, 0.25) is 0 Å². The Morgan fingerprint density at radius 2 is 1.94 bits per heavy atom. The standard InChI is InChI=1S/C15H30N2O/c1-5-15(3)12-13(6-11-18-15)17-9-7-14(2,16-4)8-10-17/h13,16H,5-12H2,1-4H3. The van der Waals surface area contributed by atoms with E-state index >= 15 is 0 Å². The zero-order valence-corrected chi connectivity index (χ0v) is 12.6. The van der Waals surface area contributed by atoms with Gasteiger partial charge in [0.1, 0.15) is 0 Å². The van der Waals surface area contributed by atoms with Crippen LogP contribution in [0, 0.1) is 0 Å². The third-order valence-electron chi connectivity index (χ3n) is 5.34. The Morgan fingerprint density at radius 1 is 1.28 bits per heavy atom. The SMILES string of the molecule is CCC1(C)CC(N2CCC(C)(NC)CC2)CCO1. The van der Waals surface area contributed by atoms with Gasteiger partial charge in [-0.15, -0.1) is 0 Å². The van der Waals surface area contributed by atoms with Crippen molar-refractivity contribution >= 4 is 0 Å². The van der Waals surface area contributed by atoms with Crippen molar-refractivity contribution in [2.24, 2.45) is 0 Å². The van der Waals surface area contributed by atoms with Gasteiger partial charge in [0, 0.05) is 31.3 Å². The molecule has 18 heavy (non-hydrogen) atoms. The average Bonchev–Trinajstić information content (AvgIpc) is 2.40. The molecule has 0 saturated carbocycles. The lowest BCUT2D eigenvalue weighted by molar-refractivity contribution is -0.100. The van der Waals surface area contributed by atoms with Crippen LogP contribution in [-0.4, -0.2) is 48.8 Å². The monoisotopic (exact) mass is 254 g/mol. The molecule has 0 aromatic rings. The topological polar surface area (TPSA) is 24.5 Å². The highest BCUT2D eigenvalue weighted by molar-refractivity contribution is 4.93. The number of rotatable bonds is 3. The van der Waals surface area contributed by atoms with Crippen LogP contribution < -0.4 is 5.32 Å². The summed E-state index contributed by atoms with van der Waals surface area (Å²) in [6.45, 7) is 10.3. The predicted molar refractivity (Wildman–Crippen MR) is 75.9 cm³/mol. The van der Waals surface area contributed by atoms with E-state index < -0.39 is 0 Å². The van der Waals surface area contributed by atoms with Crippen molar-refractivity contribution in [2.45, 2.75) is 70.1 Å². The molecule has 2 atom stereocenters. The zero-order chi connectivity index (χ0) is 13.2. The first-order valence-electron chi connectivity index (χ1n) is 7.57. The molecule has 2 aliphatic heterocycles. The number of piperidine rings is 1. The molecule has 2 unspecified atom stereocenters. The maximum Gasteiger partial charge on any atom is 0.0666 e. The smallest absolute Gasteiger partial charge is 0.0666 e. The molecule has 2 aliphatic rings. The van der Waals surface area contributed by atoms with Gasteiger partial charge in [0.2, 0.25) is 0 Å². The largest absolute Gasteiger partial charge is 0.375 e. The Morgan fingerprint density at radius 3 is 2.50 bits per heavy atom. The molecule has 0 aliphatic carbocycles. The van der Waals surface area contributed by atoms with Crippen molar-refractivity contribution in [2.75, 3.05) is 26.7 Å². The lowest BCUT2D eigenvalue weighted by Crippen LogP contribution is -2.55. The van der Waals surface area contributed by atoms with Crippen molar-refractivity contribution in [3.8, 4) is 0 Å². The molecule has 3 heteroatoms. The maximum atomic E-state index is 5.96. The molecule has 2 saturated heterocycles. The molecule has 2 heterocycles. The van der Waals surface area contributed by atoms with E-state index in [4.69, 9.17) is 4.74 Å². The van der Waals surface area contributed by atoms with Gasteiger partial charge in [0.05, 0.1) is 5.60 Å². The van der Waals surface area contributed by atoms with E-state index in [1.54, 1.807) is 0 Å². The fourth-order valence-corrected chi connectivity index (χ4v) is 3.29. The van der Waals surface area contributed by atoms with Gasteiger partial charge >= 0.3 is 0 Å². The highest BCUT2D eigenvalue weighted by atomic mass is 16.5. The maximum absolute atomic E-state index is 5.96. The van der Waals surface area contributed by atoms with E-state index in [0.717, 1.165) is 19.1 Å². The van der Waals surface area contributed by atoms with Crippen molar-refractivity contribution in [1.82, 2.24) is 10.2 Å². The van der Waals surface area contributed by atoms with Crippen molar-refractivity contribution in [3.63, 3.8) is 0 Å². The molecule has 0 aromatic heterocycles. The summed E-state index contributed by atoms with van der Waals surface area (Å²) in [4.78, 5) is 2.70. The van der Waals surface area contributed by atoms with Crippen LogP contribution in [0.3, 0.4) is 0 Å². The van der Waals surface area contributed by atoms with Gasteiger partial charge in [-0.1, -0.05) is 6.92 Å². The number of nitrogens with zero attached hydrogens (tertiary/aromatic N) is 1. The van der Waals surface area contributed by atoms with E-state index in [1.165, 1.54) is 38.8 Å². The second-order valence-electron chi connectivity index (χ2n) is 6.65. The molecular weight excluding hydrogens is 224 g/mol. The summed E-state index contributed by atoms with van der Waals surface area (Å²) >= 11 is 0. The molecule has 3 nitrogen and oxygen atoms in total. The van der Waals surface area contributed by atoms with Crippen LogP contribution in [0.1, 0.15) is 52.9 Å². The Labute approximate surface area is 112 Å². The van der Waals surface area contributed by atoms with Crippen LogP contribution in [-0.2, 0) is 4.74 Å². The molecule has 0 aromatic carbocycles. The summed E-state index contributed by atoms with van der Waals surface area (Å²) in [6.07, 6.45) is 6.09. The van der Waals surface area contributed by atoms with Gasteiger partial charge in [-0.2, -0.15) is 0 Å². The summed E-state index contributed by atoms with van der Waals surface area (Å²) in [6, 6.07) is 0.741. The number of hydrogen-bond donors (Lipinski definition) is 1. The van der Waals surface area contributed by atoms with Crippen LogP contribution >= 0.6 is 0 Å². The lowest BCUT2D eigenvalue weighted by atomic mass is 9.85. The summed E-state index contributed by atoms with van der Waals surface area (Å²) in [5.74, 6) is 0. The molecular formula is C15H30N2O. The van der Waals surface area contributed by atoms with Crippen molar-refractivity contribution in [3.05, 3.63) is 0 Å². The van der Waals surface area contributed by atoms with Crippen LogP contribution in [0.15, 0.2) is 0 Å². The number of ether oxygens (including phenoxy) is 1. The highest BCUT2D eigenvalue weighted by Crippen LogP contribution is 2.33. The van der Waals surface area contributed by atoms with Gasteiger partial charge in [-0.05, 0) is 53.0 Å². The van der Waals surface area contributed by atoms with Gasteiger partial charge in [-0.3, -0.25) is 0 Å². The van der Waals surface area contributed by atoms with Gasteiger partial charge < -0.3 is 15.0 Å². The van der Waals surface area contributed by atoms with Gasteiger partial charge in [0.15, 0.2) is 0 Å². The van der Waals surface area contributed by atoms with E-state index in [2.05, 4.69) is 38.0 Å². The summed E-state index contributed by atoms with van der Waals surface area (Å²) in [7, 11) is 2.10. The fourth-order valence-electron chi connectivity index (χ4n) is 3.29. The Bertz CT molecular complexity index is 274. The molecule has 0 amide bonds. The Hall–Kier alpha value is -0.120. The molecule has 1 N–H and O–H groups in total. The lowest BCUT2D eigenvalue weighted by Gasteiger charge is -2.47. The molecule has 0 bridgehead atoms. The summed E-state index contributed by atoms with van der Waals surface area (Å²) in [5.41, 5.74) is 0.475. The van der Waals surface area contributed by atoms with Gasteiger partial charge in [-0.25, -0.2) is 0 Å². The molecule has 106 valence electrons. The Kier molecular flexibility index (Phi) is 4.35. The van der Waals surface area contributed by atoms with E-state index in [-0.39, 0.29) is 5.60 Å². The second kappa shape index (κ2) is 5.48. The minimum absolute atomic E-state index is 0.118. The first-order valence-corrected chi connectivity index (χ1v) is 7.57. The molecule has 0 radical (unpaired) electrons. The number of likely N-dealkylation sites (tertiary alicyclic amines) is 1. The first-order chi connectivity index (χ1) is 8.50. The van der Waals surface area contributed by atoms with E-state index in [1.807, 2.05) is 0 Å². The third kappa shape index (κ3) is 3.06. The molecule has 2 fully saturated rings.